The van der Waals surface area contributed by atoms with Crippen LogP contribution in [0.5, 0.6) is 0 Å². The summed E-state index contributed by atoms with van der Waals surface area (Å²) in [5.74, 6) is 0.198. The van der Waals surface area contributed by atoms with Gasteiger partial charge >= 0.3 is 15.2 Å². The van der Waals surface area contributed by atoms with E-state index in [0.29, 0.717) is 27.4 Å². The van der Waals surface area contributed by atoms with E-state index >= 15 is 0 Å². The molecule has 1 N–H and O–H groups in total. The Hall–Kier alpha value is -0.620. The van der Waals surface area contributed by atoms with Crippen LogP contribution in [0, 0.1) is 9.75 Å². The highest BCUT2D eigenvalue weighted by molar-refractivity contribution is 14.1. The molecule has 0 aliphatic carbocycles. The van der Waals surface area contributed by atoms with Crippen LogP contribution in [0.2, 0.25) is 0 Å². The van der Waals surface area contributed by atoms with Crippen LogP contribution in [-0.2, 0) is 33.8 Å². The summed E-state index contributed by atoms with van der Waals surface area (Å²) in [5.41, 5.74) is 1.23. The smallest absolute Gasteiger partial charge is 0.331 e. The minimum atomic E-state index is -3.42. The Morgan fingerprint density at radius 2 is 1.47 bits per heavy atom. The van der Waals surface area contributed by atoms with Gasteiger partial charge in [-0.15, -0.1) is 0 Å². The highest BCUT2D eigenvalue weighted by Crippen LogP contribution is 2.55. The predicted octanol–water partition coefficient (Wildman–Crippen LogP) is 4.62. The lowest BCUT2D eigenvalue weighted by Crippen LogP contribution is -2.22. The van der Waals surface area contributed by atoms with Gasteiger partial charge in [-0.25, -0.2) is 15.0 Å². The SMILES string of the molecule is CCOP(=O)(CC(Cn1cnc2c(NC)nc(I)nc21)CP(=O)(OCC)OCC)OCC. The molecule has 2 aromatic heterocycles. The molecule has 11 nitrogen and oxygen atoms in total. The molecule has 0 aliphatic heterocycles. The molecule has 0 bridgehead atoms. The summed E-state index contributed by atoms with van der Waals surface area (Å²) in [4.78, 5) is 13.3. The summed E-state index contributed by atoms with van der Waals surface area (Å²) in [6.45, 7) is 8.31. The fraction of sp³-hybridized carbons (Fsp3) is 0.722. The van der Waals surface area contributed by atoms with Crippen LogP contribution in [0.3, 0.4) is 0 Å². The minimum Gasteiger partial charge on any atom is -0.371 e. The molecule has 14 heteroatoms. The molecule has 2 rings (SSSR count). The first-order valence-corrected chi connectivity index (χ1v) is 15.1. The van der Waals surface area contributed by atoms with Crippen molar-refractivity contribution in [3.63, 3.8) is 0 Å². The number of anilines is 1. The standard InChI is InChI=1S/C18H32IN5O6P2/c1-6-27-31(25,28-7-2)11-14(12-32(26,29-8-3)30-9-4)10-24-13-21-15-16(20-5)22-18(19)23-17(15)24/h13-14H,6-12H2,1-5H3,(H,20,22,23). The molecular weight excluding hydrogens is 571 g/mol. The van der Waals surface area contributed by atoms with Gasteiger partial charge in [-0.2, -0.15) is 0 Å². The molecule has 2 aromatic rings. The van der Waals surface area contributed by atoms with Gasteiger partial charge in [0, 0.05) is 36.2 Å². The maximum absolute atomic E-state index is 13.3. The Morgan fingerprint density at radius 1 is 0.969 bits per heavy atom. The van der Waals surface area contributed by atoms with Crippen LogP contribution in [0.15, 0.2) is 6.33 Å². The van der Waals surface area contributed by atoms with E-state index in [9.17, 15) is 9.13 Å². The van der Waals surface area contributed by atoms with Crippen molar-refractivity contribution in [2.75, 3.05) is 51.1 Å². The van der Waals surface area contributed by atoms with Crippen molar-refractivity contribution in [2.45, 2.75) is 34.2 Å². The highest BCUT2D eigenvalue weighted by Gasteiger charge is 2.35. The summed E-state index contributed by atoms with van der Waals surface area (Å²) in [5, 5.41) is 3.02. The monoisotopic (exact) mass is 603 g/mol. The first-order chi connectivity index (χ1) is 15.2. The second kappa shape index (κ2) is 12.7. The summed E-state index contributed by atoms with van der Waals surface area (Å²) < 4.78 is 51.0. The molecule has 0 radical (unpaired) electrons. The third-order valence-electron chi connectivity index (χ3n) is 4.40. The summed E-state index contributed by atoms with van der Waals surface area (Å²) in [6, 6.07) is 0. The van der Waals surface area contributed by atoms with Gasteiger partial charge in [-0.1, -0.05) is 0 Å². The fourth-order valence-corrected chi connectivity index (χ4v) is 7.95. The summed E-state index contributed by atoms with van der Waals surface area (Å²) in [7, 11) is -5.07. The zero-order valence-corrected chi connectivity index (χ0v) is 23.1. The Morgan fingerprint density at radius 3 is 1.91 bits per heavy atom. The third-order valence-corrected chi connectivity index (χ3v) is 9.41. The van der Waals surface area contributed by atoms with Crippen molar-refractivity contribution in [2.24, 2.45) is 5.92 Å². The number of nitrogens with zero attached hydrogens (tertiary/aromatic N) is 4. The van der Waals surface area contributed by atoms with Crippen molar-refractivity contribution in [1.82, 2.24) is 19.5 Å². The Balaban J connectivity index is 2.44. The van der Waals surface area contributed by atoms with Crippen LogP contribution >= 0.6 is 37.8 Å². The van der Waals surface area contributed by atoms with Gasteiger partial charge in [0.1, 0.15) is 5.52 Å². The zero-order chi connectivity index (χ0) is 23.8. The van der Waals surface area contributed by atoms with Crippen LogP contribution in [0.25, 0.3) is 11.2 Å². The van der Waals surface area contributed by atoms with Crippen molar-refractivity contribution in [3.8, 4) is 0 Å². The molecular formula is C18H32IN5O6P2. The zero-order valence-electron chi connectivity index (χ0n) is 19.1. The van der Waals surface area contributed by atoms with Gasteiger partial charge in [0.25, 0.3) is 0 Å². The largest absolute Gasteiger partial charge is 0.371 e. The van der Waals surface area contributed by atoms with Gasteiger partial charge in [-0.05, 0) is 33.6 Å². The van der Waals surface area contributed by atoms with E-state index in [0.717, 1.165) is 0 Å². The maximum Gasteiger partial charge on any atom is 0.331 e. The van der Waals surface area contributed by atoms with Crippen molar-refractivity contribution in [3.05, 3.63) is 10.2 Å². The van der Waals surface area contributed by atoms with E-state index in [4.69, 9.17) is 18.1 Å². The van der Waals surface area contributed by atoms with E-state index in [2.05, 4.69) is 20.3 Å². The molecule has 0 saturated carbocycles. The number of hydrogen-bond donors (Lipinski definition) is 1. The van der Waals surface area contributed by atoms with Crippen LogP contribution in [-0.4, -0.2) is 65.3 Å². The van der Waals surface area contributed by atoms with Crippen molar-refractivity contribution >= 4 is 54.8 Å². The molecule has 0 saturated heterocycles. The lowest BCUT2D eigenvalue weighted by molar-refractivity contribution is 0.208. The third kappa shape index (κ3) is 7.44. The number of nitrogens with one attached hydrogen (secondary N) is 1. The van der Waals surface area contributed by atoms with Crippen LogP contribution < -0.4 is 5.32 Å². The van der Waals surface area contributed by atoms with Crippen LogP contribution in [0.4, 0.5) is 5.82 Å². The van der Waals surface area contributed by atoms with Crippen molar-refractivity contribution in [1.29, 1.82) is 0 Å². The molecule has 32 heavy (non-hydrogen) atoms. The van der Waals surface area contributed by atoms with Gasteiger partial charge in [0.2, 0.25) is 0 Å². The number of halogens is 1. The highest BCUT2D eigenvalue weighted by atomic mass is 127. The molecule has 0 spiro atoms. The normalized spacial score (nSPS) is 12.7. The van der Waals surface area contributed by atoms with E-state index in [1.165, 1.54) is 0 Å². The predicted molar refractivity (Wildman–Crippen MR) is 133 cm³/mol. The molecule has 0 fully saturated rings. The fourth-order valence-electron chi connectivity index (χ4n) is 3.38. The first-order valence-electron chi connectivity index (χ1n) is 10.5. The number of fused-ring (bicyclic) bond motifs is 1. The van der Waals surface area contributed by atoms with E-state index < -0.39 is 21.1 Å². The second-order valence-corrected chi connectivity index (χ2v) is 12.0. The molecule has 0 aromatic carbocycles. The first kappa shape index (κ1) is 27.6. The van der Waals surface area contributed by atoms with E-state index in [-0.39, 0.29) is 38.8 Å². The molecule has 0 atom stereocenters. The van der Waals surface area contributed by atoms with Crippen molar-refractivity contribution < 1.29 is 27.2 Å². The lowest BCUT2D eigenvalue weighted by Gasteiger charge is -2.26. The lowest BCUT2D eigenvalue weighted by atomic mass is 10.2. The summed E-state index contributed by atoms with van der Waals surface area (Å²) >= 11 is 2.04. The van der Waals surface area contributed by atoms with Gasteiger partial charge < -0.3 is 28.0 Å². The molecule has 0 unspecified atom stereocenters. The van der Waals surface area contributed by atoms with Gasteiger partial charge in [0.05, 0.1) is 45.1 Å². The Bertz CT molecular complexity index is 923. The van der Waals surface area contributed by atoms with E-state index in [1.54, 1.807) is 41.1 Å². The van der Waals surface area contributed by atoms with E-state index in [1.807, 2.05) is 27.2 Å². The Labute approximate surface area is 202 Å². The minimum absolute atomic E-state index is 0.0551. The Kier molecular flexibility index (Phi) is 11.0. The topological polar surface area (TPSA) is 127 Å². The maximum atomic E-state index is 13.3. The molecule has 182 valence electrons. The second-order valence-electron chi connectivity index (χ2n) is 6.78. The van der Waals surface area contributed by atoms with Crippen LogP contribution in [0.1, 0.15) is 27.7 Å². The summed E-state index contributed by atoms with van der Waals surface area (Å²) in [6.07, 6.45) is 1.75. The van der Waals surface area contributed by atoms with Gasteiger partial charge in [0.15, 0.2) is 15.3 Å². The number of rotatable bonds is 15. The average molecular weight is 603 g/mol. The number of aromatic nitrogens is 4. The van der Waals surface area contributed by atoms with Gasteiger partial charge in [-0.3, -0.25) is 9.13 Å². The quantitative estimate of drug-likeness (QED) is 0.175. The molecule has 0 amide bonds. The number of imidazole rings is 1. The molecule has 0 aliphatic rings. The average Bonchev–Trinajstić information content (AvgIpc) is 3.10. The number of hydrogen-bond acceptors (Lipinski definition) is 10. The molecule has 2 heterocycles.